The fourth-order valence-corrected chi connectivity index (χ4v) is 1.88. The number of nitro groups is 1. The molecule has 100 valence electrons. The van der Waals surface area contributed by atoms with Crippen molar-refractivity contribution < 1.29 is 9.66 Å². The monoisotopic (exact) mass is 262 g/mol. The summed E-state index contributed by atoms with van der Waals surface area (Å²) in [5, 5.41) is 18.8. The molecule has 0 saturated carbocycles. The lowest BCUT2D eigenvalue weighted by Gasteiger charge is -2.08. The van der Waals surface area contributed by atoms with Crippen molar-refractivity contribution in [1.29, 1.82) is 0 Å². The van der Waals surface area contributed by atoms with Gasteiger partial charge < -0.3 is 9.30 Å². The van der Waals surface area contributed by atoms with Crippen LogP contribution >= 0.6 is 0 Å². The Kier molecular flexibility index (Phi) is 3.86. The van der Waals surface area contributed by atoms with Crippen LogP contribution in [0.1, 0.15) is 5.56 Å². The van der Waals surface area contributed by atoms with Gasteiger partial charge in [0.05, 0.1) is 11.5 Å². The maximum absolute atomic E-state index is 10.9. The number of rotatable bonds is 5. The van der Waals surface area contributed by atoms with Gasteiger partial charge in [0.1, 0.15) is 6.33 Å². The Bertz CT molecular complexity index is 594. The van der Waals surface area contributed by atoms with Crippen molar-refractivity contribution in [3.63, 3.8) is 0 Å². The number of nitrogens with zero attached hydrogens (tertiary/aromatic N) is 4. The van der Waals surface area contributed by atoms with Crippen LogP contribution in [-0.2, 0) is 11.3 Å². The first kappa shape index (κ1) is 13.2. The highest BCUT2D eigenvalue weighted by molar-refractivity contribution is 5.65. The Morgan fingerprint density at radius 2 is 2.26 bits per heavy atom. The van der Waals surface area contributed by atoms with E-state index in [9.17, 15) is 10.1 Å². The Hall–Kier alpha value is -2.28. The second kappa shape index (κ2) is 5.57. The van der Waals surface area contributed by atoms with E-state index in [0.29, 0.717) is 30.1 Å². The number of methoxy groups -OCH3 is 1. The number of ether oxygens (including phenoxy) is 1. The second-order valence-corrected chi connectivity index (χ2v) is 4.05. The molecule has 7 heteroatoms. The zero-order valence-electron chi connectivity index (χ0n) is 10.7. The molecule has 2 rings (SSSR count). The Morgan fingerprint density at radius 1 is 1.47 bits per heavy atom. The summed E-state index contributed by atoms with van der Waals surface area (Å²) in [6, 6.07) is 4.93. The number of hydrogen-bond donors (Lipinski definition) is 0. The van der Waals surface area contributed by atoms with Gasteiger partial charge in [0.15, 0.2) is 5.82 Å². The maximum atomic E-state index is 10.9. The molecule has 1 heterocycles. The standard InChI is InChI=1S/C12H14N4O3/c1-9-10(4-3-5-11(9)16(17)18)12-14-13-8-15(12)6-7-19-2/h3-5,8H,6-7H2,1-2H3. The van der Waals surface area contributed by atoms with Crippen LogP contribution in [0.4, 0.5) is 5.69 Å². The highest BCUT2D eigenvalue weighted by atomic mass is 16.6. The molecule has 19 heavy (non-hydrogen) atoms. The summed E-state index contributed by atoms with van der Waals surface area (Å²) in [5.41, 5.74) is 1.38. The smallest absolute Gasteiger partial charge is 0.273 e. The van der Waals surface area contributed by atoms with Gasteiger partial charge in [-0.1, -0.05) is 12.1 Å². The maximum Gasteiger partial charge on any atom is 0.273 e. The highest BCUT2D eigenvalue weighted by Gasteiger charge is 2.17. The van der Waals surface area contributed by atoms with Crippen LogP contribution in [0.3, 0.4) is 0 Å². The largest absolute Gasteiger partial charge is 0.383 e. The number of hydrogen-bond acceptors (Lipinski definition) is 5. The van der Waals surface area contributed by atoms with Crippen LogP contribution in [0, 0.1) is 17.0 Å². The summed E-state index contributed by atoms with van der Waals surface area (Å²) in [4.78, 5) is 10.5. The highest BCUT2D eigenvalue weighted by Crippen LogP contribution is 2.28. The van der Waals surface area contributed by atoms with Gasteiger partial charge in [-0.2, -0.15) is 0 Å². The number of benzene rings is 1. The molecule has 0 aliphatic heterocycles. The zero-order valence-corrected chi connectivity index (χ0v) is 10.7. The molecule has 0 atom stereocenters. The SMILES string of the molecule is COCCn1cnnc1-c1cccc([N+](=O)[O-])c1C. The van der Waals surface area contributed by atoms with Crippen molar-refractivity contribution in [2.45, 2.75) is 13.5 Å². The van der Waals surface area contributed by atoms with E-state index in [4.69, 9.17) is 4.74 Å². The van der Waals surface area contributed by atoms with E-state index >= 15 is 0 Å². The van der Waals surface area contributed by atoms with Crippen LogP contribution in [-0.4, -0.2) is 33.4 Å². The predicted molar refractivity (Wildman–Crippen MR) is 68.7 cm³/mol. The third-order valence-corrected chi connectivity index (χ3v) is 2.89. The minimum absolute atomic E-state index is 0.0822. The van der Waals surface area contributed by atoms with Crippen molar-refractivity contribution in [3.05, 3.63) is 40.2 Å². The molecule has 1 aromatic carbocycles. The van der Waals surface area contributed by atoms with E-state index in [1.165, 1.54) is 6.07 Å². The van der Waals surface area contributed by atoms with Gasteiger partial charge >= 0.3 is 0 Å². The average Bonchev–Trinajstić information content (AvgIpc) is 2.84. The van der Waals surface area contributed by atoms with Crippen molar-refractivity contribution in [2.24, 2.45) is 0 Å². The molecule has 1 aromatic heterocycles. The first-order valence-electron chi connectivity index (χ1n) is 5.76. The average molecular weight is 262 g/mol. The zero-order chi connectivity index (χ0) is 13.8. The van der Waals surface area contributed by atoms with Crippen LogP contribution in [0.5, 0.6) is 0 Å². The van der Waals surface area contributed by atoms with Gasteiger partial charge in [0.25, 0.3) is 5.69 Å². The number of nitro benzene ring substituents is 1. The number of aromatic nitrogens is 3. The van der Waals surface area contributed by atoms with E-state index in [-0.39, 0.29) is 5.69 Å². The molecule has 2 aromatic rings. The Balaban J connectivity index is 2.45. The fourth-order valence-electron chi connectivity index (χ4n) is 1.88. The molecule has 0 fully saturated rings. The van der Waals surface area contributed by atoms with Crippen molar-refractivity contribution in [1.82, 2.24) is 14.8 Å². The molecule has 0 N–H and O–H groups in total. The third-order valence-electron chi connectivity index (χ3n) is 2.89. The van der Waals surface area contributed by atoms with Crippen LogP contribution < -0.4 is 0 Å². The Morgan fingerprint density at radius 3 is 2.95 bits per heavy atom. The molecule has 0 aliphatic carbocycles. The van der Waals surface area contributed by atoms with Crippen LogP contribution in [0.2, 0.25) is 0 Å². The topological polar surface area (TPSA) is 83.1 Å². The first-order chi connectivity index (χ1) is 9.15. The summed E-state index contributed by atoms with van der Waals surface area (Å²) in [5.74, 6) is 0.609. The van der Waals surface area contributed by atoms with Gasteiger partial charge in [0.2, 0.25) is 0 Å². The van der Waals surface area contributed by atoms with Crippen molar-refractivity contribution in [2.75, 3.05) is 13.7 Å². The summed E-state index contributed by atoms with van der Waals surface area (Å²) in [7, 11) is 1.61. The molecular formula is C12H14N4O3. The fraction of sp³-hybridized carbons (Fsp3) is 0.333. The van der Waals surface area contributed by atoms with Gasteiger partial charge in [-0.05, 0) is 6.92 Å². The normalized spacial score (nSPS) is 10.6. The quantitative estimate of drug-likeness (QED) is 0.606. The van der Waals surface area contributed by atoms with E-state index in [1.807, 2.05) is 4.57 Å². The summed E-state index contributed by atoms with van der Waals surface area (Å²) < 4.78 is 6.83. The van der Waals surface area contributed by atoms with Crippen molar-refractivity contribution >= 4 is 5.69 Å². The first-order valence-corrected chi connectivity index (χ1v) is 5.76. The molecule has 0 spiro atoms. The lowest BCUT2D eigenvalue weighted by Crippen LogP contribution is -2.06. The lowest BCUT2D eigenvalue weighted by atomic mass is 10.1. The summed E-state index contributed by atoms with van der Waals surface area (Å²) in [6.07, 6.45) is 1.59. The molecule has 0 amide bonds. The molecule has 0 saturated heterocycles. The minimum atomic E-state index is -0.394. The summed E-state index contributed by atoms with van der Waals surface area (Å²) in [6.45, 7) is 2.84. The lowest BCUT2D eigenvalue weighted by molar-refractivity contribution is -0.385. The third kappa shape index (κ3) is 2.60. The van der Waals surface area contributed by atoms with E-state index in [1.54, 1.807) is 32.5 Å². The molecule has 0 bridgehead atoms. The van der Waals surface area contributed by atoms with E-state index in [0.717, 1.165) is 0 Å². The molecule has 0 aliphatic rings. The van der Waals surface area contributed by atoms with Gasteiger partial charge in [0, 0.05) is 30.8 Å². The van der Waals surface area contributed by atoms with Gasteiger partial charge in [-0.3, -0.25) is 10.1 Å². The molecule has 0 radical (unpaired) electrons. The van der Waals surface area contributed by atoms with Gasteiger partial charge in [-0.25, -0.2) is 0 Å². The van der Waals surface area contributed by atoms with Gasteiger partial charge in [-0.15, -0.1) is 10.2 Å². The Labute approximate surface area is 110 Å². The van der Waals surface area contributed by atoms with Crippen LogP contribution in [0.25, 0.3) is 11.4 Å². The van der Waals surface area contributed by atoms with E-state index in [2.05, 4.69) is 10.2 Å². The van der Waals surface area contributed by atoms with Crippen molar-refractivity contribution in [3.8, 4) is 11.4 Å². The minimum Gasteiger partial charge on any atom is -0.383 e. The molecule has 7 nitrogen and oxygen atoms in total. The van der Waals surface area contributed by atoms with Crippen LogP contribution in [0.15, 0.2) is 24.5 Å². The summed E-state index contributed by atoms with van der Waals surface area (Å²) >= 11 is 0. The predicted octanol–water partition coefficient (Wildman–Crippen LogP) is 1.81. The molecule has 0 unspecified atom stereocenters. The molecular weight excluding hydrogens is 248 g/mol. The second-order valence-electron chi connectivity index (χ2n) is 4.05. The van der Waals surface area contributed by atoms with E-state index < -0.39 is 4.92 Å².